The van der Waals surface area contributed by atoms with Crippen molar-refractivity contribution in [2.45, 2.75) is 19.8 Å². The van der Waals surface area contributed by atoms with E-state index >= 15 is 0 Å². The zero-order valence-corrected chi connectivity index (χ0v) is 11.3. The summed E-state index contributed by atoms with van der Waals surface area (Å²) in [5.74, 6) is 1.99. The van der Waals surface area contributed by atoms with Gasteiger partial charge in [-0.25, -0.2) is 9.97 Å². The van der Waals surface area contributed by atoms with Gasteiger partial charge < -0.3 is 10.3 Å². The van der Waals surface area contributed by atoms with Crippen LogP contribution in [0, 0.1) is 6.92 Å². The zero-order valence-electron chi connectivity index (χ0n) is 9.70. The first kappa shape index (κ1) is 12.1. The standard InChI is InChI=1S/C12H15BrN4/c1-9-7-10(13)8-17-12(9)16-4-2-3-11-14-5-6-15-11/h5-8H,2-4H2,1H3,(H,14,15)(H,16,17). The Labute approximate surface area is 109 Å². The number of aryl methyl sites for hydroxylation is 2. The minimum absolute atomic E-state index is 0.899. The minimum atomic E-state index is 0.899. The van der Waals surface area contributed by atoms with E-state index in [2.05, 4.69) is 42.3 Å². The van der Waals surface area contributed by atoms with Gasteiger partial charge in [-0.1, -0.05) is 0 Å². The third kappa shape index (κ3) is 3.56. The molecule has 5 heteroatoms. The maximum atomic E-state index is 4.33. The van der Waals surface area contributed by atoms with Crippen LogP contribution in [0.15, 0.2) is 29.1 Å². The second-order valence-corrected chi connectivity index (χ2v) is 4.80. The molecule has 0 aliphatic heterocycles. The highest BCUT2D eigenvalue weighted by atomic mass is 79.9. The van der Waals surface area contributed by atoms with Crippen LogP contribution in [0.3, 0.4) is 0 Å². The van der Waals surface area contributed by atoms with Crippen molar-refractivity contribution >= 4 is 21.7 Å². The Kier molecular flexibility index (Phi) is 4.14. The summed E-state index contributed by atoms with van der Waals surface area (Å²) in [7, 11) is 0. The molecule has 90 valence electrons. The number of imidazole rings is 1. The predicted molar refractivity (Wildman–Crippen MR) is 72.1 cm³/mol. The molecule has 2 N–H and O–H groups in total. The van der Waals surface area contributed by atoms with Gasteiger partial charge in [0.25, 0.3) is 0 Å². The molecule has 0 fully saturated rings. The van der Waals surface area contributed by atoms with Crippen molar-refractivity contribution in [1.29, 1.82) is 0 Å². The lowest BCUT2D eigenvalue weighted by Gasteiger charge is -2.07. The van der Waals surface area contributed by atoms with E-state index in [1.54, 1.807) is 6.20 Å². The fourth-order valence-electron chi connectivity index (χ4n) is 1.62. The molecular formula is C12H15BrN4. The minimum Gasteiger partial charge on any atom is -0.370 e. The van der Waals surface area contributed by atoms with Crippen molar-refractivity contribution in [3.8, 4) is 0 Å². The normalized spacial score (nSPS) is 10.5. The van der Waals surface area contributed by atoms with E-state index in [-0.39, 0.29) is 0 Å². The van der Waals surface area contributed by atoms with Crippen LogP contribution >= 0.6 is 15.9 Å². The van der Waals surface area contributed by atoms with Crippen LogP contribution in [0.25, 0.3) is 0 Å². The third-order valence-corrected chi connectivity index (χ3v) is 2.92. The first-order valence-electron chi connectivity index (χ1n) is 5.60. The molecule has 0 bridgehead atoms. The molecule has 0 saturated heterocycles. The average Bonchev–Trinajstić information content (AvgIpc) is 2.79. The molecule has 4 nitrogen and oxygen atoms in total. The molecule has 0 unspecified atom stereocenters. The van der Waals surface area contributed by atoms with Gasteiger partial charge in [-0.3, -0.25) is 0 Å². The van der Waals surface area contributed by atoms with Crippen LogP contribution in [0.5, 0.6) is 0 Å². The van der Waals surface area contributed by atoms with Crippen LogP contribution < -0.4 is 5.32 Å². The summed E-state index contributed by atoms with van der Waals surface area (Å²) in [6.07, 6.45) is 7.43. The highest BCUT2D eigenvalue weighted by Crippen LogP contribution is 2.16. The molecule has 0 aliphatic rings. The highest BCUT2D eigenvalue weighted by Gasteiger charge is 2.00. The summed E-state index contributed by atoms with van der Waals surface area (Å²) in [6, 6.07) is 2.06. The van der Waals surface area contributed by atoms with Gasteiger partial charge in [-0.15, -0.1) is 0 Å². The molecular weight excluding hydrogens is 280 g/mol. The van der Waals surface area contributed by atoms with Crippen LogP contribution in [-0.4, -0.2) is 21.5 Å². The Hall–Kier alpha value is -1.36. The molecule has 0 aromatic carbocycles. The van der Waals surface area contributed by atoms with Crippen LogP contribution in [0.1, 0.15) is 17.8 Å². The number of hydrogen-bond acceptors (Lipinski definition) is 3. The van der Waals surface area contributed by atoms with E-state index in [0.29, 0.717) is 0 Å². The summed E-state index contributed by atoms with van der Waals surface area (Å²) in [5, 5.41) is 3.33. The van der Waals surface area contributed by atoms with Crippen LogP contribution in [0.4, 0.5) is 5.82 Å². The second kappa shape index (κ2) is 5.82. The average molecular weight is 295 g/mol. The van der Waals surface area contributed by atoms with Gasteiger partial charge in [0.1, 0.15) is 11.6 Å². The van der Waals surface area contributed by atoms with Crippen molar-refractivity contribution in [1.82, 2.24) is 15.0 Å². The molecule has 2 rings (SSSR count). The smallest absolute Gasteiger partial charge is 0.128 e. The highest BCUT2D eigenvalue weighted by molar-refractivity contribution is 9.10. The number of pyridine rings is 1. The van der Waals surface area contributed by atoms with Gasteiger partial charge in [0.2, 0.25) is 0 Å². The lowest BCUT2D eigenvalue weighted by Crippen LogP contribution is -2.06. The Morgan fingerprint density at radius 3 is 3.00 bits per heavy atom. The number of halogens is 1. The van der Waals surface area contributed by atoms with Gasteiger partial charge in [0.05, 0.1) is 0 Å². The number of hydrogen-bond donors (Lipinski definition) is 2. The molecule has 0 radical (unpaired) electrons. The molecule has 17 heavy (non-hydrogen) atoms. The largest absolute Gasteiger partial charge is 0.370 e. The van der Waals surface area contributed by atoms with Crippen LogP contribution in [0.2, 0.25) is 0 Å². The number of H-pyrrole nitrogens is 1. The molecule has 0 spiro atoms. The number of anilines is 1. The Morgan fingerprint density at radius 1 is 1.41 bits per heavy atom. The van der Waals surface area contributed by atoms with Crippen LogP contribution in [-0.2, 0) is 6.42 Å². The summed E-state index contributed by atoms with van der Waals surface area (Å²) >= 11 is 3.40. The number of nitrogens with one attached hydrogen (secondary N) is 2. The van der Waals surface area contributed by atoms with E-state index in [1.165, 1.54) is 0 Å². The lowest BCUT2D eigenvalue weighted by molar-refractivity contribution is 0.813. The molecule has 2 heterocycles. The molecule has 0 atom stereocenters. The van der Waals surface area contributed by atoms with Gasteiger partial charge in [0.15, 0.2) is 0 Å². The fourth-order valence-corrected chi connectivity index (χ4v) is 2.07. The Bertz CT molecular complexity index is 467. The van der Waals surface area contributed by atoms with E-state index in [9.17, 15) is 0 Å². The fraction of sp³-hybridized carbons (Fsp3) is 0.333. The molecule has 0 saturated carbocycles. The van der Waals surface area contributed by atoms with Crippen molar-refractivity contribution in [3.63, 3.8) is 0 Å². The van der Waals surface area contributed by atoms with Crippen molar-refractivity contribution < 1.29 is 0 Å². The molecule has 2 aromatic heterocycles. The molecule has 0 aliphatic carbocycles. The number of aromatic amines is 1. The topological polar surface area (TPSA) is 53.6 Å². The first-order chi connectivity index (χ1) is 8.25. The summed E-state index contributed by atoms with van der Waals surface area (Å²) in [5.41, 5.74) is 1.15. The van der Waals surface area contributed by atoms with E-state index in [1.807, 2.05) is 19.3 Å². The van der Waals surface area contributed by atoms with E-state index < -0.39 is 0 Å². The maximum Gasteiger partial charge on any atom is 0.128 e. The second-order valence-electron chi connectivity index (χ2n) is 3.89. The molecule has 2 aromatic rings. The summed E-state index contributed by atoms with van der Waals surface area (Å²) in [6.45, 7) is 2.95. The summed E-state index contributed by atoms with van der Waals surface area (Å²) in [4.78, 5) is 11.6. The van der Waals surface area contributed by atoms with Gasteiger partial charge in [-0.05, 0) is 40.9 Å². The third-order valence-electron chi connectivity index (χ3n) is 2.48. The quantitative estimate of drug-likeness (QED) is 0.834. The maximum absolute atomic E-state index is 4.33. The lowest BCUT2D eigenvalue weighted by atomic mass is 10.2. The van der Waals surface area contributed by atoms with E-state index in [0.717, 1.165) is 41.1 Å². The van der Waals surface area contributed by atoms with Crippen molar-refractivity contribution in [2.75, 3.05) is 11.9 Å². The summed E-state index contributed by atoms with van der Waals surface area (Å²) < 4.78 is 1.01. The van der Waals surface area contributed by atoms with Gasteiger partial charge in [0, 0.05) is 36.0 Å². The SMILES string of the molecule is Cc1cc(Br)cnc1NCCCc1ncc[nH]1. The molecule has 0 amide bonds. The Morgan fingerprint density at radius 2 is 2.29 bits per heavy atom. The van der Waals surface area contributed by atoms with Crippen molar-refractivity contribution in [2.24, 2.45) is 0 Å². The first-order valence-corrected chi connectivity index (χ1v) is 6.39. The predicted octanol–water partition coefficient (Wildman–Crippen LogP) is 2.92. The number of aromatic nitrogens is 3. The van der Waals surface area contributed by atoms with E-state index in [4.69, 9.17) is 0 Å². The van der Waals surface area contributed by atoms with Gasteiger partial charge in [-0.2, -0.15) is 0 Å². The number of nitrogens with zero attached hydrogens (tertiary/aromatic N) is 2. The van der Waals surface area contributed by atoms with Gasteiger partial charge >= 0.3 is 0 Å². The number of rotatable bonds is 5. The monoisotopic (exact) mass is 294 g/mol. The van der Waals surface area contributed by atoms with Crippen molar-refractivity contribution in [3.05, 3.63) is 40.5 Å². The zero-order chi connectivity index (χ0) is 12.1. The Balaban J connectivity index is 1.78.